The average Bonchev–Trinajstić information content (AvgIpc) is 3.38. The molecule has 1 fully saturated rings. The maximum absolute atomic E-state index is 12.5. The second kappa shape index (κ2) is 6.09. The van der Waals surface area contributed by atoms with Gasteiger partial charge in [-0.15, -0.1) is 0 Å². The first-order valence-corrected chi connectivity index (χ1v) is 8.39. The van der Waals surface area contributed by atoms with E-state index >= 15 is 0 Å². The fourth-order valence-corrected chi connectivity index (χ4v) is 3.27. The van der Waals surface area contributed by atoms with Crippen LogP contribution in [0.3, 0.4) is 0 Å². The number of aromatic amines is 1. The Labute approximate surface area is 145 Å². The molecule has 4 rings (SSSR count). The minimum atomic E-state index is -0.491. The van der Waals surface area contributed by atoms with Gasteiger partial charge in [0.15, 0.2) is 0 Å². The number of H-pyrrole nitrogens is 1. The smallest absolute Gasteiger partial charge is 0.249 e. The van der Waals surface area contributed by atoms with Crippen LogP contribution < -0.4 is 10.9 Å². The fraction of sp³-hybridized carbons (Fsp3) is 0.200. The van der Waals surface area contributed by atoms with Gasteiger partial charge >= 0.3 is 0 Å². The lowest BCUT2D eigenvalue weighted by Gasteiger charge is -2.16. The third-order valence-corrected chi connectivity index (χ3v) is 4.85. The minimum Gasteiger partial charge on any atom is -0.361 e. The molecule has 126 valence electrons. The van der Waals surface area contributed by atoms with Crippen molar-refractivity contribution in [3.63, 3.8) is 0 Å². The van der Waals surface area contributed by atoms with Gasteiger partial charge in [-0.25, -0.2) is 0 Å². The van der Waals surface area contributed by atoms with Crippen LogP contribution in [0, 0.1) is 0 Å². The third kappa shape index (κ3) is 2.89. The molecule has 2 amide bonds. The maximum Gasteiger partial charge on any atom is 0.249 e. The Bertz CT molecular complexity index is 926. The van der Waals surface area contributed by atoms with Crippen molar-refractivity contribution in [2.45, 2.75) is 24.7 Å². The van der Waals surface area contributed by atoms with E-state index in [0.717, 1.165) is 34.9 Å². The van der Waals surface area contributed by atoms with Gasteiger partial charge in [-0.1, -0.05) is 48.5 Å². The number of fused-ring (bicyclic) bond motifs is 1. The number of hydrogen-bond donors (Lipinski definition) is 3. The van der Waals surface area contributed by atoms with Crippen LogP contribution in [-0.2, 0) is 21.4 Å². The molecular weight excluding hydrogens is 314 g/mol. The highest BCUT2D eigenvalue weighted by molar-refractivity contribution is 5.94. The molecule has 1 aromatic heterocycles. The van der Waals surface area contributed by atoms with E-state index in [-0.39, 0.29) is 18.2 Å². The number of carbonyl (C=O) groups excluding carboxylic acids is 2. The summed E-state index contributed by atoms with van der Waals surface area (Å²) in [5.41, 5.74) is 7.56. The molecule has 1 heterocycles. The van der Waals surface area contributed by atoms with Crippen LogP contribution in [0.15, 0.2) is 60.8 Å². The van der Waals surface area contributed by atoms with E-state index in [1.165, 1.54) is 0 Å². The summed E-state index contributed by atoms with van der Waals surface area (Å²) in [6.07, 6.45) is 3.66. The Morgan fingerprint density at radius 3 is 2.44 bits per heavy atom. The van der Waals surface area contributed by atoms with Gasteiger partial charge in [0.25, 0.3) is 0 Å². The highest BCUT2D eigenvalue weighted by Gasteiger charge is 2.51. The average molecular weight is 333 g/mol. The standard InChI is InChI=1S/C20H19N3O2/c24-18(12-14-13-21-17-9-5-4-8-16(14)17)22-23-19(25)20(10-11-20)15-6-2-1-3-7-15/h1-9,13,21H,10-12H2,(H,22,24)(H,23,25). The van der Waals surface area contributed by atoms with Crippen LogP contribution in [0.1, 0.15) is 24.0 Å². The van der Waals surface area contributed by atoms with Crippen molar-refractivity contribution in [3.8, 4) is 0 Å². The van der Waals surface area contributed by atoms with E-state index < -0.39 is 5.41 Å². The SMILES string of the molecule is O=C(Cc1c[nH]c2ccccc12)NNC(=O)C1(c2ccccc2)CC1. The summed E-state index contributed by atoms with van der Waals surface area (Å²) in [6, 6.07) is 17.5. The Kier molecular flexibility index (Phi) is 3.76. The lowest BCUT2D eigenvalue weighted by molar-refractivity contribution is -0.130. The summed E-state index contributed by atoms with van der Waals surface area (Å²) >= 11 is 0. The zero-order valence-electron chi connectivity index (χ0n) is 13.7. The molecule has 2 aromatic carbocycles. The van der Waals surface area contributed by atoms with E-state index in [1.54, 1.807) is 0 Å². The molecule has 0 atom stereocenters. The number of hydrazine groups is 1. The van der Waals surface area contributed by atoms with Crippen LogP contribution in [0.25, 0.3) is 10.9 Å². The summed E-state index contributed by atoms with van der Waals surface area (Å²) in [5, 5.41) is 1.02. The van der Waals surface area contributed by atoms with E-state index in [0.29, 0.717) is 0 Å². The van der Waals surface area contributed by atoms with Gasteiger partial charge in [0.1, 0.15) is 0 Å². The molecule has 25 heavy (non-hydrogen) atoms. The van der Waals surface area contributed by atoms with Crippen molar-refractivity contribution >= 4 is 22.7 Å². The summed E-state index contributed by atoms with van der Waals surface area (Å²) in [5.74, 6) is -0.382. The topological polar surface area (TPSA) is 74.0 Å². The van der Waals surface area contributed by atoms with Gasteiger partial charge < -0.3 is 4.98 Å². The molecule has 3 N–H and O–H groups in total. The molecule has 0 radical (unpaired) electrons. The van der Waals surface area contributed by atoms with E-state index in [2.05, 4.69) is 15.8 Å². The number of para-hydroxylation sites is 1. The second-order valence-corrected chi connectivity index (χ2v) is 6.49. The number of aromatic nitrogens is 1. The van der Waals surface area contributed by atoms with Gasteiger partial charge in [-0.05, 0) is 30.0 Å². The predicted octanol–water partition coefficient (Wildman–Crippen LogP) is 2.59. The van der Waals surface area contributed by atoms with Gasteiger partial charge in [0.2, 0.25) is 11.8 Å². The summed E-state index contributed by atoms with van der Waals surface area (Å²) in [7, 11) is 0. The number of amides is 2. The van der Waals surface area contributed by atoms with Gasteiger partial charge in [0.05, 0.1) is 11.8 Å². The van der Waals surface area contributed by atoms with Crippen molar-refractivity contribution in [3.05, 3.63) is 71.9 Å². The van der Waals surface area contributed by atoms with E-state index in [9.17, 15) is 9.59 Å². The minimum absolute atomic E-state index is 0.147. The highest BCUT2D eigenvalue weighted by atomic mass is 16.2. The van der Waals surface area contributed by atoms with Gasteiger partial charge in [-0.2, -0.15) is 0 Å². The van der Waals surface area contributed by atoms with Crippen LogP contribution in [0.5, 0.6) is 0 Å². The summed E-state index contributed by atoms with van der Waals surface area (Å²) in [6.45, 7) is 0. The quantitative estimate of drug-likeness (QED) is 0.642. The molecule has 0 saturated heterocycles. The first kappa shape index (κ1) is 15.4. The van der Waals surface area contributed by atoms with Crippen molar-refractivity contribution in [1.29, 1.82) is 0 Å². The van der Waals surface area contributed by atoms with Crippen LogP contribution in [0.2, 0.25) is 0 Å². The number of benzene rings is 2. The molecule has 0 unspecified atom stereocenters. The molecule has 1 aliphatic rings. The lowest BCUT2D eigenvalue weighted by atomic mass is 9.95. The Morgan fingerprint density at radius 1 is 0.960 bits per heavy atom. The van der Waals surface area contributed by atoms with E-state index in [4.69, 9.17) is 0 Å². The Hall–Kier alpha value is -3.08. The number of nitrogens with one attached hydrogen (secondary N) is 3. The largest absolute Gasteiger partial charge is 0.361 e. The predicted molar refractivity (Wildman–Crippen MR) is 95.6 cm³/mol. The highest BCUT2D eigenvalue weighted by Crippen LogP contribution is 2.48. The molecule has 3 aromatic rings. The van der Waals surface area contributed by atoms with Crippen molar-refractivity contribution in [2.24, 2.45) is 0 Å². The molecule has 5 nitrogen and oxygen atoms in total. The van der Waals surface area contributed by atoms with Crippen LogP contribution in [-0.4, -0.2) is 16.8 Å². The van der Waals surface area contributed by atoms with Gasteiger partial charge in [0, 0.05) is 17.1 Å². The molecular formula is C20H19N3O2. The monoisotopic (exact) mass is 333 g/mol. The number of hydrogen-bond acceptors (Lipinski definition) is 2. The zero-order chi connectivity index (χ0) is 17.3. The molecule has 0 aliphatic heterocycles. The third-order valence-electron chi connectivity index (χ3n) is 4.85. The second-order valence-electron chi connectivity index (χ2n) is 6.49. The molecule has 1 aliphatic carbocycles. The van der Waals surface area contributed by atoms with Gasteiger partial charge in [-0.3, -0.25) is 20.4 Å². The van der Waals surface area contributed by atoms with Crippen LogP contribution >= 0.6 is 0 Å². The number of carbonyl (C=O) groups is 2. The Balaban J connectivity index is 1.38. The fourth-order valence-electron chi connectivity index (χ4n) is 3.27. The zero-order valence-corrected chi connectivity index (χ0v) is 13.7. The normalized spacial score (nSPS) is 14.9. The molecule has 5 heteroatoms. The van der Waals surface area contributed by atoms with E-state index in [1.807, 2.05) is 60.8 Å². The number of rotatable bonds is 4. The summed E-state index contributed by atoms with van der Waals surface area (Å²) < 4.78 is 0. The van der Waals surface area contributed by atoms with Crippen LogP contribution in [0.4, 0.5) is 0 Å². The maximum atomic E-state index is 12.5. The first-order chi connectivity index (χ1) is 12.2. The lowest BCUT2D eigenvalue weighted by Crippen LogP contribution is -2.47. The molecule has 1 saturated carbocycles. The molecule has 0 spiro atoms. The first-order valence-electron chi connectivity index (χ1n) is 8.39. The van der Waals surface area contributed by atoms with Crippen molar-refractivity contribution in [1.82, 2.24) is 15.8 Å². The summed E-state index contributed by atoms with van der Waals surface area (Å²) in [4.78, 5) is 27.9. The van der Waals surface area contributed by atoms with Crippen molar-refractivity contribution < 1.29 is 9.59 Å². The van der Waals surface area contributed by atoms with Crippen molar-refractivity contribution in [2.75, 3.05) is 0 Å². The molecule has 0 bridgehead atoms. The Morgan fingerprint density at radius 2 is 1.68 bits per heavy atom.